The molecule has 0 aliphatic carbocycles. The summed E-state index contributed by atoms with van der Waals surface area (Å²) in [4.78, 5) is 25.8. The number of anilines is 1. The van der Waals surface area contributed by atoms with Crippen LogP contribution in [-0.2, 0) is 17.8 Å². The number of fused-ring (bicyclic) bond motifs is 1. The fourth-order valence-corrected chi connectivity index (χ4v) is 2.86. The second-order valence-corrected chi connectivity index (χ2v) is 5.59. The van der Waals surface area contributed by atoms with Gasteiger partial charge in [-0.25, -0.2) is 0 Å². The highest BCUT2D eigenvalue weighted by Crippen LogP contribution is 2.31. The van der Waals surface area contributed by atoms with E-state index in [1.807, 2.05) is 31.2 Å². The van der Waals surface area contributed by atoms with E-state index in [0.29, 0.717) is 30.5 Å². The number of hydrogen-bond donors (Lipinski definition) is 0. The molecule has 3 rings (SSSR count). The van der Waals surface area contributed by atoms with Gasteiger partial charge in [-0.3, -0.25) is 9.59 Å². The minimum absolute atomic E-state index is 0.0171. The zero-order valence-electron chi connectivity index (χ0n) is 12.9. The Balaban J connectivity index is 1.90. The maximum Gasteiger partial charge on any atom is 0.231 e. The Morgan fingerprint density at radius 2 is 2.09 bits per heavy atom. The molecule has 0 fully saturated rings. The van der Waals surface area contributed by atoms with Gasteiger partial charge in [0.2, 0.25) is 5.91 Å². The van der Waals surface area contributed by atoms with Gasteiger partial charge < -0.3 is 4.90 Å². The molecule has 1 aliphatic heterocycles. The summed E-state index contributed by atoms with van der Waals surface area (Å²) in [5.74, 6) is 0.101. The van der Waals surface area contributed by atoms with Crippen LogP contribution in [0.1, 0.15) is 40.4 Å². The fourth-order valence-electron chi connectivity index (χ4n) is 2.86. The SMILES string of the molecule is CCC(=O)c1ccc2c(c1)CC(=O)N2Cc1cccc(C#N)c1. The van der Waals surface area contributed by atoms with Crippen LogP contribution in [0.5, 0.6) is 0 Å². The van der Waals surface area contributed by atoms with Crippen molar-refractivity contribution in [1.29, 1.82) is 5.26 Å². The lowest BCUT2D eigenvalue weighted by atomic mass is 10.0. The largest absolute Gasteiger partial charge is 0.307 e. The Morgan fingerprint density at radius 3 is 2.83 bits per heavy atom. The Kier molecular flexibility index (Phi) is 3.94. The third kappa shape index (κ3) is 2.86. The van der Waals surface area contributed by atoms with Gasteiger partial charge in [0.15, 0.2) is 5.78 Å². The zero-order valence-corrected chi connectivity index (χ0v) is 12.9. The minimum Gasteiger partial charge on any atom is -0.307 e. The van der Waals surface area contributed by atoms with E-state index >= 15 is 0 Å². The average molecular weight is 304 g/mol. The van der Waals surface area contributed by atoms with E-state index in [2.05, 4.69) is 6.07 Å². The highest BCUT2D eigenvalue weighted by molar-refractivity contribution is 6.03. The maximum absolute atomic E-state index is 12.3. The number of benzene rings is 2. The van der Waals surface area contributed by atoms with Gasteiger partial charge in [-0.15, -0.1) is 0 Å². The average Bonchev–Trinajstić information content (AvgIpc) is 2.89. The van der Waals surface area contributed by atoms with Crippen LogP contribution in [0.25, 0.3) is 0 Å². The van der Waals surface area contributed by atoms with Crippen molar-refractivity contribution < 1.29 is 9.59 Å². The van der Waals surface area contributed by atoms with E-state index in [1.165, 1.54) is 0 Å². The third-order valence-electron chi connectivity index (χ3n) is 4.05. The first-order chi connectivity index (χ1) is 11.1. The molecule has 1 heterocycles. The van der Waals surface area contributed by atoms with E-state index in [0.717, 1.165) is 16.8 Å². The summed E-state index contributed by atoms with van der Waals surface area (Å²) < 4.78 is 0. The smallest absolute Gasteiger partial charge is 0.231 e. The molecule has 0 spiro atoms. The van der Waals surface area contributed by atoms with E-state index in [-0.39, 0.29) is 11.7 Å². The van der Waals surface area contributed by atoms with Crippen LogP contribution in [0.3, 0.4) is 0 Å². The molecular weight excluding hydrogens is 288 g/mol. The van der Waals surface area contributed by atoms with E-state index < -0.39 is 0 Å². The molecule has 114 valence electrons. The molecular formula is C19H16N2O2. The summed E-state index contributed by atoms with van der Waals surface area (Å²) in [7, 11) is 0. The molecule has 0 unspecified atom stereocenters. The number of Topliss-reactive ketones (excluding diaryl/α,β-unsaturated/α-hetero) is 1. The summed E-state index contributed by atoms with van der Waals surface area (Å²) >= 11 is 0. The van der Waals surface area contributed by atoms with Gasteiger partial charge in [-0.2, -0.15) is 5.26 Å². The van der Waals surface area contributed by atoms with Gasteiger partial charge in [0.1, 0.15) is 0 Å². The summed E-state index contributed by atoms with van der Waals surface area (Å²) in [6.07, 6.45) is 0.773. The monoisotopic (exact) mass is 304 g/mol. The van der Waals surface area contributed by atoms with Gasteiger partial charge in [0, 0.05) is 17.7 Å². The van der Waals surface area contributed by atoms with Crippen molar-refractivity contribution in [3.8, 4) is 6.07 Å². The minimum atomic E-state index is 0.0171. The van der Waals surface area contributed by atoms with Crippen molar-refractivity contribution >= 4 is 17.4 Å². The zero-order chi connectivity index (χ0) is 16.4. The predicted molar refractivity (Wildman–Crippen MR) is 87.1 cm³/mol. The van der Waals surface area contributed by atoms with Crippen molar-refractivity contribution in [3.63, 3.8) is 0 Å². The molecule has 4 nitrogen and oxygen atoms in total. The van der Waals surface area contributed by atoms with Gasteiger partial charge in [0.05, 0.1) is 24.6 Å². The normalized spacial score (nSPS) is 12.9. The van der Waals surface area contributed by atoms with Gasteiger partial charge in [0.25, 0.3) is 0 Å². The molecule has 1 aliphatic rings. The van der Waals surface area contributed by atoms with Crippen molar-refractivity contribution in [2.24, 2.45) is 0 Å². The number of hydrogen-bond acceptors (Lipinski definition) is 3. The van der Waals surface area contributed by atoms with Gasteiger partial charge in [-0.05, 0) is 41.5 Å². The molecule has 0 radical (unpaired) electrons. The molecule has 1 amide bonds. The van der Waals surface area contributed by atoms with Crippen LogP contribution < -0.4 is 4.90 Å². The summed E-state index contributed by atoms with van der Waals surface area (Å²) in [6, 6.07) is 14.8. The number of nitrogens with zero attached hydrogens (tertiary/aromatic N) is 2. The lowest BCUT2D eigenvalue weighted by Crippen LogP contribution is -2.26. The first kappa shape index (κ1) is 15.0. The topological polar surface area (TPSA) is 61.2 Å². The first-order valence-corrected chi connectivity index (χ1v) is 7.58. The second-order valence-electron chi connectivity index (χ2n) is 5.59. The molecule has 0 aromatic heterocycles. The van der Waals surface area contributed by atoms with Crippen LogP contribution in [0.2, 0.25) is 0 Å². The Hall–Kier alpha value is -2.93. The summed E-state index contributed by atoms with van der Waals surface area (Å²) in [5, 5.41) is 8.98. The number of rotatable bonds is 4. The van der Waals surface area contributed by atoms with E-state index in [4.69, 9.17) is 5.26 Å². The van der Waals surface area contributed by atoms with E-state index in [1.54, 1.807) is 23.1 Å². The van der Waals surface area contributed by atoms with Crippen molar-refractivity contribution in [2.45, 2.75) is 26.3 Å². The third-order valence-corrected chi connectivity index (χ3v) is 4.05. The molecule has 0 N–H and O–H groups in total. The lowest BCUT2D eigenvalue weighted by Gasteiger charge is -2.18. The molecule has 0 bridgehead atoms. The molecule has 2 aromatic rings. The van der Waals surface area contributed by atoms with Crippen LogP contribution in [0.15, 0.2) is 42.5 Å². The molecule has 23 heavy (non-hydrogen) atoms. The number of carbonyl (C=O) groups is 2. The molecule has 0 atom stereocenters. The van der Waals surface area contributed by atoms with Gasteiger partial charge >= 0.3 is 0 Å². The van der Waals surface area contributed by atoms with Crippen molar-refractivity contribution in [1.82, 2.24) is 0 Å². The van der Waals surface area contributed by atoms with Crippen LogP contribution >= 0.6 is 0 Å². The summed E-state index contributed by atoms with van der Waals surface area (Å²) in [6.45, 7) is 2.26. The highest BCUT2D eigenvalue weighted by Gasteiger charge is 2.27. The maximum atomic E-state index is 12.3. The Labute approximate surface area is 135 Å². The lowest BCUT2D eigenvalue weighted by molar-refractivity contribution is -0.117. The number of carbonyl (C=O) groups excluding carboxylic acids is 2. The predicted octanol–water partition coefficient (Wildman–Crippen LogP) is 3.24. The standard InChI is InChI=1S/C19H16N2O2/c1-2-18(22)15-6-7-17-16(9-15)10-19(23)21(17)12-14-5-3-4-13(8-14)11-20/h3-9H,2,10,12H2,1H3. The quantitative estimate of drug-likeness (QED) is 0.815. The Bertz CT molecular complexity index is 834. The van der Waals surface area contributed by atoms with Crippen LogP contribution in [0, 0.1) is 11.3 Å². The number of amides is 1. The molecule has 2 aromatic carbocycles. The second kappa shape index (κ2) is 6.05. The van der Waals surface area contributed by atoms with E-state index in [9.17, 15) is 9.59 Å². The first-order valence-electron chi connectivity index (χ1n) is 7.58. The highest BCUT2D eigenvalue weighted by atomic mass is 16.2. The van der Waals surface area contributed by atoms with Gasteiger partial charge in [-0.1, -0.05) is 19.1 Å². The van der Waals surface area contributed by atoms with Crippen LogP contribution in [-0.4, -0.2) is 11.7 Å². The summed E-state index contributed by atoms with van der Waals surface area (Å²) in [5.41, 5.74) is 3.90. The Morgan fingerprint density at radius 1 is 1.26 bits per heavy atom. The van der Waals surface area contributed by atoms with Crippen LogP contribution in [0.4, 0.5) is 5.69 Å². The molecule has 4 heteroatoms. The number of nitriles is 1. The van der Waals surface area contributed by atoms with Crippen molar-refractivity contribution in [3.05, 3.63) is 64.7 Å². The van der Waals surface area contributed by atoms with Crippen molar-refractivity contribution in [2.75, 3.05) is 4.90 Å². The molecule has 0 saturated heterocycles. The fraction of sp³-hybridized carbons (Fsp3) is 0.211. The molecule has 0 saturated carbocycles. The number of ketones is 1.